The molecule has 0 radical (unpaired) electrons. The van der Waals surface area contributed by atoms with E-state index in [-0.39, 0.29) is 18.5 Å². The molecule has 29 heavy (non-hydrogen) atoms. The van der Waals surface area contributed by atoms with Gasteiger partial charge in [0, 0.05) is 17.3 Å². The standard InChI is InChI=1S/C23H21FN4O/c24-19-8-6-17(7-9-19)23-21(14-26-28-23)18-10-11-25-22(13-18)27-20(15-29)12-16-4-2-1-3-5-16/h1-11,13-14,20,29H,12,15H2,(H,25,27)(H,26,28)/t20-/m0/s1. The molecule has 0 aliphatic rings. The van der Waals surface area contributed by atoms with Gasteiger partial charge in [-0.05, 0) is 53.9 Å². The lowest BCUT2D eigenvalue weighted by Crippen LogP contribution is -2.26. The third kappa shape index (κ3) is 4.50. The third-order valence-corrected chi connectivity index (χ3v) is 4.74. The molecule has 146 valence electrons. The molecule has 2 aromatic heterocycles. The summed E-state index contributed by atoms with van der Waals surface area (Å²) in [6.07, 6.45) is 4.15. The third-order valence-electron chi connectivity index (χ3n) is 4.74. The molecule has 2 aromatic carbocycles. The van der Waals surface area contributed by atoms with Crippen LogP contribution in [-0.2, 0) is 6.42 Å². The minimum atomic E-state index is -0.279. The molecule has 0 aliphatic heterocycles. The lowest BCUT2D eigenvalue weighted by molar-refractivity contribution is 0.273. The molecule has 0 unspecified atom stereocenters. The maximum absolute atomic E-state index is 13.3. The molecule has 5 nitrogen and oxygen atoms in total. The van der Waals surface area contributed by atoms with E-state index in [1.54, 1.807) is 24.5 Å². The van der Waals surface area contributed by atoms with Crippen LogP contribution >= 0.6 is 0 Å². The van der Waals surface area contributed by atoms with Gasteiger partial charge in [0.15, 0.2) is 0 Å². The van der Waals surface area contributed by atoms with Crippen molar-refractivity contribution in [3.63, 3.8) is 0 Å². The first-order valence-electron chi connectivity index (χ1n) is 9.40. The lowest BCUT2D eigenvalue weighted by atomic mass is 10.0. The number of nitrogens with zero attached hydrogens (tertiary/aromatic N) is 2. The molecule has 0 bridgehead atoms. The van der Waals surface area contributed by atoms with Crippen molar-refractivity contribution >= 4 is 5.82 Å². The number of hydrogen-bond donors (Lipinski definition) is 3. The van der Waals surface area contributed by atoms with Crippen molar-refractivity contribution in [2.75, 3.05) is 11.9 Å². The minimum Gasteiger partial charge on any atom is -0.394 e. The molecule has 6 heteroatoms. The van der Waals surface area contributed by atoms with Gasteiger partial charge < -0.3 is 10.4 Å². The van der Waals surface area contributed by atoms with E-state index in [2.05, 4.69) is 20.5 Å². The Morgan fingerprint density at radius 2 is 1.79 bits per heavy atom. The SMILES string of the molecule is OC[C@H](Cc1ccccc1)Nc1cc(-c2cn[nH]c2-c2ccc(F)cc2)ccn1. The number of aliphatic hydroxyl groups excluding tert-OH is 1. The molecule has 0 saturated heterocycles. The number of benzene rings is 2. The molecule has 2 heterocycles. The van der Waals surface area contributed by atoms with Gasteiger partial charge in [0.25, 0.3) is 0 Å². The fraction of sp³-hybridized carbons (Fsp3) is 0.130. The van der Waals surface area contributed by atoms with Crippen LogP contribution in [0.5, 0.6) is 0 Å². The molecule has 0 amide bonds. The summed E-state index contributed by atoms with van der Waals surface area (Å²) >= 11 is 0. The first-order valence-corrected chi connectivity index (χ1v) is 9.40. The molecule has 4 rings (SSSR count). The number of pyridine rings is 1. The van der Waals surface area contributed by atoms with Crippen LogP contribution in [0.1, 0.15) is 5.56 Å². The normalized spacial score (nSPS) is 11.9. The van der Waals surface area contributed by atoms with E-state index < -0.39 is 0 Å². The van der Waals surface area contributed by atoms with Crippen LogP contribution in [0.3, 0.4) is 0 Å². The fourth-order valence-electron chi connectivity index (χ4n) is 3.29. The van der Waals surface area contributed by atoms with Gasteiger partial charge in [0.05, 0.1) is 24.5 Å². The van der Waals surface area contributed by atoms with Crippen LogP contribution < -0.4 is 5.32 Å². The van der Waals surface area contributed by atoms with E-state index in [0.29, 0.717) is 12.2 Å². The Kier molecular flexibility index (Phi) is 5.63. The van der Waals surface area contributed by atoms with E-state index in [1.807, 2.05) is 42.5 Å². The Balaban J connectivity index is 1.56. The van der Waals surface area contributed by atoms with Crippen molar-refractivity contribution in [2.45, 2.75) is 12.5 Å². The molecular formula is C23H21FN4O. The quantitative estimate of drug-likeness (QED) is 0.441. The molecule has 0 aliphatic carbocycles. The van der Waals surface area contributed by atoms with Crippen molar-refractivity contribution in [3.8, 4) is 22.4 Å². The Morgan fingerprint density at radius 1 is 1.00 bits per heavy atom. The zero-order valence-electron chi connectivity index (χ0n) is 15.7. The Bertz CT molecular complexity index is 1060. The van der Waals surface area contributed by atoms with Gasteiger partial charge in [0.1, 0.15) is 11.6 Å². The second-order valence-corrected chi connectivity index (χ2v) is 6.81. The first-order chi connectivity index (χ1) is 14.2. The largest absolute Gasteiger partial charge is 0.394 e. The number of rotatable bonds is 7. The number of hydrogen-bond acceptors (Lipinski definition) is 4. The van der Waals surface area contributed by atoms with Gasteiger partial charge in [-0.25, -0.2) is 9.37 Å². The molecule has 3 N–H and O–H groups in total. The predicted octanol–water partition coefficient (Wildman–Crippen LogP) is 4.29. The molecule has 0 spiro atoms. The van der Waals surface area contributed by atoms with Crippen LogP contribution in [0.2, 0.25) is 0 Å². The summed E-state index contributed by atoms with van der Waals surface area (Å²) in [5, 5.41) is 20.2. The van der Waals surface area contributed by atoms with E-state index in [4.69, 9.17) is 0 Å². The zero-order chi connectivity index (χ0) is 20.1. The molecule has 0 fully saturated rings. The van der Waals surface area contributed by atoms with Crippen LogP contribution in [-0.4, -0.2) is 32.9 Å². The van der Waals surface area contributed by atoms with E-state index in [9.17, 15) is 9.50 Å². The zero-order valence-corrected chi connectivity index (χ0v) is 15.7. The number of anilines is 1. The molecular weight excluding hydrogens is 367 g/mol. The monoisotopic (exact) mass is 388 g/mol. The maximum Gasteiger partial charge on any atom is 0.126 e. The Morgan fingerprint density at radius 3 is 2.55 bits per heavy atom. The minimum absolute atomic E-state index is 0.00661. The summed E-state index contributed by atoms with van der Waals surface area (Å²) in [7, 11) is 0. The highest BCUT2D eigenvalue weighted by molar-refractivity contribution is 5.81. The Labute approximate surface area is 168 Å². The highest BCUT2D eigenvalue weighted by Crippen LogP contribution is 2.31. The van der Waals surface area contributed by atoms with E-state index >= 15 is 0 Å². The van der Waals surface area contributed by atoms with Crippen molar-refractivity contribution < 1.29 is 9.50 Å². The smallest absolute Gasteiger partial charge is 0.126 e. The highest BCUT2D eigenvalue weighted by Gasteiger charge is 2.13. The van der Waals surface area contributed by atoms with Gasteiger partial charge in [-0.15, -0.1) is 0 Å². The van der Waals surface area contributed by atoms with Crippen molar-refractivity contribution in [3.05, 3.63) is 90.5 Å². The summed E-state index contributed by atoms with van der Waals surface area (Å²) in [4.78, 5) is 4.39. The summed E-state index contributed by atoms with van der Waals surface area (Å²) in [6.45, 7) is -0.00661. The Hall–Kier alpha value is -3.51. The topological polar surface area (TPSA) is 73.8 Å². The lowest BCUT2D eigenvalue weighted by Gasteiger charge is -2.17. The number of nitrogens with one attached hydrogen (secondary N) is 2. The number of H-pyrrole nitrogens is 1. The second kappa shape index (κ2) is 8.67. The van der Waals surface area contributed by atoms with Crippen molar-refractivity contribution in [2.24, 2.45) is 0 Å². The summed E-state index contributed by atoms with van der Waals surface area (Å²) in [6, 6.07) is 20.0. The van der Waals surface area contributed by atoms with Crippen molar-refractivity contribution in [1.29, 1.82) is 0 Å². The number of aliphatic hydroxyl groups is 1. The van der Waals surface area contributed by atoms with Crippen LogP contribution in [0.15, 0.2) is 79.1 Å². The van der Waals surface area contributed by atoms with Gasteiger partial charge in [-0.3, -0.25) is 5.10 Å². The number of halogens is 1. The van der Waals surface area contributed by atoms with E-state index in [1.165, 1.54) is 12.1 Å². The predicted molar refractivity (Wildman–Crippen MR) is 112 cm³/mol. The van der Waals surface area contributed by atoms with Gasteiger partial charge in [-0.1, -0.05) is 30.3 Å². The van der Waals surface area contributed by atoms with Gasteiger partial charge in [-0.2, -0.15) is 5.10 Å². The average molecular weight is 388 g/mol. The number of aromatic nitrogens is 3. The van der Waals surface area contributed by atoms with Crippen LogP contribution in [0, 0.1) is 5.82 Å². The maximum atomic E-state index is 13.3. The second-order valence-electron chi connectivity index (χ2n) is 6.81. The summed E-state index contributed by atoms with van der Waals surface area (Å²) in [5.74, 6) is 0.391. The van der Waals surface area contributed by atoms with Crippen LogP contribution in [0.25, 0.3) is 22.4 Å². The molecule has 0 saturated carbocycles. The van der Waals surface area contributed by atoms with Crippen molar-refractivity contribution in [1.82, 2.24) is 15.2 Å². The fourth-order valence-corrected chi connectivity index (χ4v) is 3.29. The number of aromatic amines is 1. The average Bonchev–Trinajstić information content (AvgIpc) is 3.25. The first kappa shape index (κ1) is 18.8. The van der Waals surface area contributed by atoms with Gasteiger partial charge >= 0.3 is 0 Å². The molecule has 4 aromatic rings. The van der Waals surface area contributed by atoms with E-state index in [0.717, 1.165) is 27.9 Å². The van der Waals surface area contributed by atoms with Crippen LogP contribution in [0.4, 0.5) is 10.2 Å². The van der Waals surface area contributed by atoms with Gasteiger partial charge in [0.2, 0.25) is 0 Å². The highest BCUT2D eigenvalue weighted by atomic mass is 19.1. The summed E-state index contributed by atoms with van der Waals surface area (Å²) in [5.41, 5.74) is 4.62. The summed E-state index contributed by atoms with van der Waals surface area (Å²) < 4.78 is 13.3. The molecule has 1 atom stereocenters.